The molecular weight excluding hydrogens is 306 g/mol. The number of aromatic amines is 1. The molecule has 1 aromatic heterocycles. The topological polar surface area (TPSA) is 93.3 Å². The number of anilines is 1. The number of ether oxygens (including phenoxy) is 2. The zero-order chi connectivity index (χ0) is 14.3. The van der Waals surface area contributed by atoms with Gasteiger partial charge in [-0.05, 0) is 6.92 Å². The smallest absolute Gasteiger partial charge is 0.265 e. The van der Waals surface area contributed by atoms with E-state index in [2.05, 4.69) is 14.9 Å². The Morgan fingerprint density at radius 2 is 2.05 bits per heavy atom. The first kappa shape index (κ1) is 13.1. The van der Waals surface area contributed by atoms with Gasteiger partial charge < -0.3 is 9.47 Å². The molecule has 7 nitrogen and oxygen atoms in total. The Morgan fingerprint density at radius 1 is 1.35 bits per heavy atom. The van der Waals surface area contributed by atoms with Crippen molar-refractivity contribution in [2.24, 2.45) is 0 Å². The summed E-state index contributed by atoms with van der Waals surface area (Å²) in [5, 5.41) is 6.48. The van der Waals surface area contributed by atoms with Crippen molar-refractivity contribution in [2.45, 2.75) is 11.8 Å². The molecule has 3 rings (SSSR count). The van der Waals surface area contributed by atoms with Gasteiger partial charge in [-0.15, -0.1) is 0 Å². The molecule has 0 spiro atoms. The Bertz CT molecular complexity index is 772. The van der Waals surface area contributed by atoms with E-state index in [1.165, 1.54) is 18.3 Å². The molecule has 0 saturated carbocycles. The number of nitrogens with one attached hydrogen (secondary N) is 2. The van der Waals surface area contributed by atoms with Gasteiger partial charge in [-0.3, -0.25) is 9.82 Å². The van der Waals surface area contributed by atoms with Gasteiger partial charge in [0, 0.05) is 12.1 Å². The van der Waals surface area contributed by atoms with Gasteiger partial charge in [0.2, 0.25) is 6.79 Å². The van der Waals surface area contributed by atoms with Crippen LogP contribution < -0.4 is 14.2 Å². The third kappa shape index (κ3) is 2.16. The fourth-order valence-corrected chi connectivity index (χ4v) is 3.27. The van der Waals surface area contributed by atoms with Crippen LogP contribution in [0.4, 0.5) is 5.69 Å². The zero-order valence-corrected chi connectivity index (χ0v) is 11.9. The fraction of sp³-hybridized carbons (Fsp3) is 0.182. The molecule has 0 amide bonds. The number of aryl methyl sites for hydroxylation is 1. The van der Waals surface area contributed by atoms with Crippen molar-refractivity contribution in [3.05, 3.63) is 29.0 Å². The highest BCUT2D eigenvalue weighted by Crippen LogP contribution is 2.39. The molecule has 106 valence electrons. The van der Waals surface area contributed by atoms with E-state index in [1.807, 2.05) is 0 Å². The number of nitrogens with zero attached hydrogens (tertiary/aromatic N) is 1. The highest BCUT2D eigenvalue weighted by Gasteiger charge is 2.22. The summed E-state index contributed by atoms with van der Waals surface area (Å²) in [7, 11) is -3.77. The second kappa shape index (κ2) is 4.57. The molecule has 0 saturated heterocycles. The third-order valence-electron chi connectivity index (χ3n) is 2.78. The lowest BCUT2D eigenvalue weighted by Gasteiger charge is -2.09. The van der Waals surface area contributed by atoms with E-state index in [0.29, 0.717) is 17.2 Å². The van der Waals surface area contributed by atoms with Crippen molar-refractivity contribution < 1.29 is 17.9 Å². The average molecular weight is 316 g/mol. The lowest BCUT2D eigenvalue weighted by molar-refractivity contribution is 0.174. The zero-order valence-electron chi connectivity index (χ0n) is 10.3. The van der Waals surface area contributed by atoms with Gasteiger partial charge >= 0.3 is 0 Å². The standard InChI is InChI=1S/C11H10ClN3O4S/c1-6-11(4-13-14-6)20(16,17)15-8-3-10-9(2-7(8)12)18-5-19-10/h2-4,15H,5H2,1H3,(H,13,14). The number of halogens is 1. The number of hydrogen-bond acceptors (Lipinski definition) is 5. The molecule has 2 N–H and O–H groups in total. The molecule has 1 aliphatic heterocycles. The van der Waals surface area contributed by atoms with Gasteiger partial charge in [0.25, 0.3) is 10.0 Å². The van der Waals surface area contributed by atoms with Crippen molar-refractivity contribution in [3.63, 3.8) is 0 Å². The predicted octanol–water partition coefficient (Wildman–Crippen LogP) is 1.90. The maximum atomic E-state index is 12.2. The van der Waals surface area contributed by atoms with Crippen molar-refractivity contribution >= 4 is 27.3 Å². The van der Waals surface area contributed by atoms with Gasteiger partial charge in [-0.25, -0.2) is 8.42 Å². The van der Waals surface area contributed by atoms with Gasteiger partial charge in [0.15, 0.2) is 11.5 Å². The summed E-state index contributed by atoms with van der Waals surface area (Å²) in [6, 6.07) is 2.99. The minimum Gasteiger partial charge on any atom is -0.454 e. The van der Waals surface area contributed by atoms with Crippen LogP contribution in [0.15, 0.2) is 23.2 Å². The van der Waals surface area contributed by atoms with Crippen LogP contribution in [0.25, 0.3) is 0 Å². The van der Waals surface area contributed by atoms with Crippen molar-refractivity contribution in [2.75, 3.05) is 11.5 Å². The van der Waals surface area contributed by atoms with Gasteiger partial charge in [-0.1, -0.05) is 11.6 Å². The Morgan fingerprint density at radius 3 is 2.70 bits per heavy atom. The molecule has 0 aliphatic carbocycles. The Kier molecular flexibility index (Phi) is 2.98. The summed E-state index contributed by atoms with van der Waals surface area (Å²) in [6.07, 6.45) is 1.23. The second-order valence-electron chi connectivity index (χ2n) is 4.15. The quantitative estimate of drug-likeness (QED) is 0.902. The Hall–Kier alpha value is -1.93. The molecule has 0 atom stereocenters. The van der Waals surface area contributed by atoms with Crippen LogP contribution in [0.2, 0.25) is 5.02 Å². The first-order valence-electron chi connectivity index (χ1n) is 5.59. The van der Waals surface area contributed by atoms with Crippen LogP contribution in [0.1, 0.15) is 5.69 Å². The first-order chi connectivity index (χ1) is 9.47. The average Bonchev–Trinajstić information content (AvgIpc) is 2.98. The van der Waals surface area contributed by atoms with Gasteiger partial charge in [-0.2, -0.15) is 5.10 Å². The molecular formula is C11H10ClN3O4S. The summed E-state index contributed by atoms with van der Waals surface area (Å²) in [6.45, 7) is 1.70. The summed E-state index contributed by atoms with van der Waals surface area (Å²) in [4.78, 5) is 0.0613. The van der Waals surface area contributed by atoms with E-state index in [9.17, 15) is 8.42 Å². The van der Waals surface area contributed by atoms with Gasteiger partial charge in [0.05, 0.1) is 22.6 Å². The molecule has 0 unspecified atom stereocenters. The van der Waals surface area contributed by atoms with E-state index in [1.54, 1.807) is 6.92 Å². The lowest BCUT2D eigenvalue weighted by atomic mass is 10.3. The molecule has 20 heavy (non-hydrogen) atoms. The van der Waals surface area contributed by atoms with E-state index in [-0.39, 0.29) is 22.4 Å². The highest BCUT2D eigenvalue weighted by molar-refractivity contribution is 7.92. The molecule has 1 aliphatic rings. The van der Waals surface area contributed by atoms with E-state index >= 15 is 0 Å². The SMILES string of the molecule is Cc1[nH]ncc1S(=O)(=O)Nc1cc2c(cc1Cl)OCO2. The van der Waals surface area contributed by atoms with Crippen LogP contribution in [0.5, 0.6) is 11.5 Å². The highest BCUT2D eigenvalue weighted by atomic mass is 35.5. The van der Waals surface area contributed by atoms with Gasteiger partial charge in [0.1, 0.15) is 4.90 Å². The predicted molar refractivity (Wildman–Crippen MR) is 71.7 cm³/mol. The van der Waals surface area contributed by atoms with Crippen molar-refractivity contribution in [1.82, 2.24) is 10.2 Å². The van der Waals surface area contributed by atoms with Crippen LogP contribution in [-0.2, 0) is 10.0 Å². The summed E-state index contributed by atoms with van der Waals surface area (Å²) >= 11 is 6.03. The number of benzene rings is 1. The number of hydrogen-bond donors (Lipinski definition) is 2. The normalized spacial score (nSPS) is 13.5. The Labute approximate surface area is 119 Å². The van der Waals surface area contributed by atoms with Crippen LogP contribution in [-0.4, -0.2) is 25.4 Å². The molecule has 0 bridgehead atoms. The van der Waals surface area contributed by atoms with Crippen LogP contribution >= 0.6 is 11.6 Å². The molecule has 0 radical (unpaired) electrons. The van der Waals surface area contributed by atoms with Crippen LogP contribution in [0, 0.1) is 6.92 Å². The number of aromatic nitrogens is 2. The maximum absolute atomic E-state index is 12.2. The second-order valence-corrected chi connectivity index (χ2v) is 6.21. The van der Waals surface area contributed by atoms with E-state index in [4.69, 9.17) is 21.1 Å². The fourth-order valence-electron chi connectivity index (χ4n) is 1.81. The van der Waals surface area contributed by atoms with Crippen LogP contribution in [0.3, 0.4) is 0 Å². The first-order valence-corrected chi connectivity index (χ1v) is 7.45. The van der Waals surface area contributed by atoms with E-state index < -0.39 is 10.0 Å². The minimum absolute atomic E-state index is 0.0613. The molecule has 2 aromatic rings. The molecule has 1 aromatic carbocycles. The maximum Gasteiger partial charge on any atom is 0.265 e. The summed E-state index contributed by atoms with van der Waals surface area (Å²) < 4.78 is 37.2. The number of H-pyrrole nitrogens is 1. The van der Waals surface area contributed by atoms with Crippen molar-refractivity contribution in [3.8, 4) is 11.5 Å². The summed E-state index contributed by atoms with van der Waals surface area (Å²) in [5.74, 6) is 0.924. The molecule has 0 fully saturated rings. The van der Waals surface area contributed by atoms with Crippen molar-refractivity contribution in [1.29, 1.82) is 0 Å². The largest absolute Gasteiger partial charge is 0.454 e. The molecule has 2 heterocycles. The lowest BCUT2D eigenvalue weighted by Crippen LogP contribution is -2.13. The monoisotopic (exact) mass is 315 g/mol. The van der Waals surface area contributed by atoms with E-state index in [0.717, 1.165) is 0 Å². The molecule has 9 heteroatoms. The number of fused-ring (bicyclic) bond motifs is 1. The minimum atomic E-state index is -3.77. The third-order valence-corrected chi connectivity index (χ3v) is 4.57. The summed E-state index contributed by atoms with van der Waals surface area (Å²) in [5.41, 5.74) is 0.658. The Balaban J connectivity index is 1.98. The number of rotatable bonds is 3. The number of sulfonamides is 1.